The van der Waals surface area contributed by atoms with Gasteiger partial charge in [-0.3, -0.25) is 19.4 Å². The van der Waals surface area contributed by atoms with E-state index in [1.54, 1.807) is 6.20 Å². The summed E-state index contributed by atoms with van der Waals surface area (Å²) < 4.78 is 0. The third-order valence-corrected chi connectivity index (χ3v) is 6.67. The Bertz CT molecular complexity index is 913. The first-order valence-corrected chi connectivity index (χ1v) is 14.8. The van der Waals surface area contributed by atoms with Gasteiger partial charge in [0.15, 0.2) is 5.96 Å². The Balaban J connectivity index is 2.87. The molecule has 0 aliphatic heterocycles. The summed E-state index contributed by atoms with van der Waals surface area (Å²) in [5, 5.41) is 17.4. The molecule has 11 N–H and O–H groups in total. The minimum Gasteiger partial charge on any atom is -0.480 e. The zero-order valence-corrected chi connectivity index (χ0v) is 23.3. The Kier molecular flexibility index (Phi) is 15.9. The van der Waals surface area contributed by atoms with Crippen LogP contribution in [0.25, 0.3) is 0 Å². The first kappa shape index (κ1) is 33.0. The van der Waals surface area contributed by atoms with E-state index < -0.39 is 47.9 Å². The average Bonchev–Trinajstić information content (AvgIpc) is 3.38. The molecule has 0 saturated carbocycles. The number of hydrogen-bond acceptors (Lipinski definition) is 9. The topological polar surface area (TPSA) is 244 Å². The second-order valence-electron chi connectivity index (χ2n) is 8.42. The number of carboxylic acids is 1. The van der Waals surface area contributed by atoms with Crippen molar-refractivity contribution in [3.63, 3.8) is 0 Å². The lowest BCUT2D eigenvalue weighted by Gasteiger charge is -2.25. The van der Waals surface area contributed by atoms with E-state index in [1.165, 1.54) is 29.9 Å². The second kappa shape index (κ2) is 18.3. The number of nitrogens with one attached hydrogen (secondary N) is 4. The summed E-state index contributed by atoms with van der Waals surface area (Å²) in [6.45, 7) is 0.216. The van der Waals surface area contributed by atoms with E-state index in [-0.39, 0.29) is 31.8 Å². The molecule has 0 radical (unpaired) electrons. The van der Waals surface area contributed by atoms with Crippen molar-refractivity contribution in [1.29, 1.82) is 0 Å². The standard InChI is InChI=1S/C22H39N9O5S2/c1-37-8-5-15(29-18(32)14(23)10-13-11-26-12-28-13)19(33)30-16(6-9-38-2)20(34)31-17(21(35)36)4-3-7-27-22(24)25/h11-12,14-17H,3-10,23H2,1-2H3,(H,26,28)(H,29,32)(H,30,33)(H,31,34)(H,35,36)(H4,24,25,27). The van der Waals surface area contributed by atoms with Crippen molar-refractivity contribution in [2.45, 2.75) is 56.3 Å². The number of rotatable bonds is 19. The van der Waals surface area contributed by atoms with Gasteiger partial charge in [-0.2, -0.15) is 23.5 Å². The van der Waals surface area contributed by atoms with Gasteiger partial charge in [-0.15, -0.1) is 0 Å². The van der Waals surface area contributed by atoms with Gasteiger partial charge in [-0.1, -0.05) is 0 Å². The van der Waals surface area contributed by atoms with Crippen LogP contribution in [0, 0.1) is 0 Å². The lowest BCUT2D eigenvalue weighted by atomic mass is 10.1. The zero-order chi connectivity index (χ0) is 28.5. The van der Waals surface area contributed by atoms with Crippen LogP contribution < -0.4 is 33.2 Å². The third kappa shape index (κ3) is 13.0. The molecule has 1 aromatic rings. The number of aromatic nitrogens is 2. The molecule has 4 unspecified atom stereocenters. The predicted molar refractivity (Wildman–Crippen MR) is 150 cm³/mol. The monoisotopic (exact) mass is 573 g/mol. The fourth-order valence-corrected chi connectivity index (χ4v) is 4.26. The van der Waals surface area contributed by atoms with Crippen LogP contribution in [0.15, 0.2) is 17.5 Å². The summed E-state index contributed by atoms with van der Waals surface area (Å²) in [7, 11) is 0. The number of guanidine groups is 1. The number of aliphatic carboxylic acids is 1. The Morgan fingerprint density at radius 1 is 0.974 bits per heavy atom. The molecule has 0 spiro atoms. The molecule has 1 heterocycles. The van der Waals surface area contributed by atoms with Gasteiger partial charge in [0, 0.05) is 24.9 Å². The number of carbonyl (C=O) groups excluding carboxylic acids is 3. The van der Waals surface area contributed by atoms with Crippen molar-refractivity contribution in [2.24, 2.45) is 22.2 Å². The zero-order valence-electron chi connectivity index (χ0n) is 21.6. The van der Waals surface area contributed by atoms with Crippen molar-refractivity contribution in [3.8, 4) is 0 Å². The predicted octanol–water partition coefficient (Wildman–Crippen LogP) is -1.62. The molecule has 3 amide bonds. The summed E-state index contributed by atoms with van der Waals surface area (Å²) in [5.74, 6) is -1.91. The molecule has 0 bridgehead atoms. The van der Waals surface area contributed by atoms with Gasteiger partial charge < -0.3 is 43.2 Å². The number of carboxylic acid groups (broad SMARTS) is 1. The van der Waals surface area contributed by atoms with Crippen LogP contribution in [0.2, 0.25) is 0 Å². The molecule has 16 heteroatoms. The lowest BCUT2D eigenvalue weighted by molar-refractivity contribution is -0.142. The highest BCUT2D eigenvalue weighted by molar-refractivity contribution is 7.98. The maximum Gasteiger partial charge on any atom is 0.326 e. The summed E-state index contributed by atoms with van der Waals surface area (Å²) in [6, 6.07) is -4.02. The molecule has 0 fully saturated rings. The first-order chi connectivity index (χ1) is 18.1. The fraction of sp³-hybridized carbons (Fsp3) is 0.636. The van der Waals surface area contributed by atoms with E-state index in [9.17, 15) is 24.3 Å². The number of imidazole rings is 1. The van der Waals surface area contributed by atoms with Crippen LogP contribution in [-0.2, 0) is 25.6 Å². The molecule has 0 aliphatic carbocycles. The van der Waals surface area contributed by atoms with Crippen LogP contribution in [0.3, 0.4) is 0 Å². The largest absolute Gasteiger partial charge is 0.480 e. The van der Waals surface area contributed by atoms with E-state index in [4.69, 9.17) is 17.2 Å². The number of nitrogens with zero attached hydrogens (tertiary/aromatic N) is 2. The van der Waals surface area contributed by atoms with Crippen LogP contribution in [0.4, 0.5) is 0 Å². The molecule has 0 aromatic carbocycles. The van der Waals surface area contributed by atoms with Crippen LogP contribution in [0.1, 0.15) is 31.4 Å². The molecule has 0 saturated heterocycles. The van der Waals surface area contributed by atoms with Crippen molar-refractivity contribution >= 4 is 53.2 Å². The van der Waals surface area contributed by atoms with Gasteiger partial charge in [0.05, 0.1) is 12.4 Å². The molecular formula is C22H39N9O5S2. The number of nitrogens with two attached hydrogens (primary N) is 3. The molecule has 214 valence electrons. The number of aliphatic imine (C=N–C) groups is 1. The Labute approximate surface area is 230 Å². The fourth-order valence-electron chi connectivity index (χ4n) is 3.32. The van der Waals surface area contributed by atoms with Crippen LogP contribution in [-0.4, -0.2) is 99.5 Å². The normalized spacial score (nSPS) is 14.0. The van der Waals surface area contributed by atoms with Gasteiger partial charge in [0.1, 0.15) is 18.1 Å². The molecule has 4 atom stereocenters. The number of hydrogen-bond donors (Lipinski definition) is 8. The lowest BCUT2D eigenvalue weighted by Crippen LogP contribution is -2.57. The number of amides is 3. The van der Waals surface area contributed by atoms with Gasteiger partial charge in [-0.05, 0) is 49.7 Å². The van der Waals surface area contributed by atoms with Crippen LogP contribution >= 0.6 is 23.5 Å². The maximum atomic E-state index is 13.2. The average molecular weight is 574 g/mol. The quantitative estimate of drug-likeness (QED) is 0.0531. The first-order valence-electron chi connectivity index (χ1n) is 12.0. The molecular weight excluding hydrogens is 534 g/mol. The Morgan fingerprint density at radius 2 is 1.53 bits per heavy atom. The molecule has 38 heavy (non-hydrogen) atoms. The van der Waals surface area contributed by atoms with Crippen molar-refractivity contribution < 1.29 is 24.3 Å². The smallest absolute Gasteiger partial charge is 0.326 e. The van der Waals surface area contributed by atoms with E-state index in [1.807, 2.05) is 12.5 Å². The third-order valence-electron chi connectivity index (χ3n) is 5.38. The number of H-pyrrole nitrogens is 1. The highest BCUT2D eigenvalue weighted by Gasteiger charge is 2.30. The van der Waals surface area contributed by atoms with E-state index in [0.29, 0.717) is 30.0 Å². The number of thioether (sulfide) groups is 2. The minimum atomic E-state index is -1.21. The minimum absolute atomic E-state index is 0.0989. The SMILES string of the molecule is CSCCC(NC(=O)C(N)Cc1cnc[nH]1)C(=O)NC(CCSC)C(=O)NC(CCCN=C(N)N)C(=O)O. The summed E-state index contributed by atoms with van der Waals surface area (Å²) >= 11 is 2.97. The Morgan fingerprint density at radius 3 is 2.00 bits per heavy atom. The van der Waals surface area contributed by atoms with E-state index >= 15 is 0 Å². The van der Waals surface area contributed by atoms with E-state index in [0.717, 1.165) is 0 Å². The van der Waals surface area contributed by atoms with E-state index in [2.05, 4.69) is 30.9 Å². The van der Waals surface area contributed by atoms with Gasteiger partial charge >= 0.3 is 5.97 Å². The summed E-state index contributed by atoms with van der Waals surface area (Å²) in [5.41, 5.74) is 17.2. The van der Waals surface area contributed by atoms with Crippen molar-refractivity contribution in [1.82, 2.24) is 25.9 Å². The maximum absolute atomic E-state index is 13.2. The highest BCUT2D eigenvalue weighted by Crippen LogP contribution is 2.07. The Hall–Kier alpha value is -2.98. The molecule has 1 aromatic heterocycles. The van der Waals surface area contributed by atoms with Gasteiger partial charge in [-0.25, -0.2) is 9.78 Å². The van der Waals surface area contributed by atoms with Gasteiger partial charge in [0.2, 0.25) is 17.7 Å². The highest BCUT2D eigenvalue weighted by atomic mass is 32.2. The van der Waals surface area contributed by atoms with Crippen molar-refractivity contribution in [3.05, 3.63) is 18.2 Å². The summed E-state index contributed by atoms with van der Waals surface area (Å²) in [4.78, 5) is 61.1. The number of carbonyl (C=O) groups is 4. The summed E-state index contributed by atoms with van der Waals surface area (Å²) in [6.07, 6.45) is 7.98. The molecule has 0 aliphatic rings. The number of aromatic amines is 1. The molecule has 14 nitrogen and oxygen atoms in total. The van der Waals surface area contributed by atoms with Crippen LogP contribution in [0.5, 0.6) is 0 Å². The second-order valence-corrected chi connectivity index (χ2v) is 10.4. The molecule has 1 rings (SSSR count). The van der Waals surface area contributed by atoms with Gasteiger partial charge in [0.25, 0.3) is 0 Å². The van der Waals surface area contributed by atoms with Crippen molar-refractivity contribution in [2.75, 3.05) is 30.6 Å².